The summed E-state index contributed by atoms with van der Waals surface area (Å²) in [7, 11) is 0. The van der Waals surface area contributed by atoms with Gasteiger partial charge in [0.15, 0.2) is 4.96 Å². The molecule has 0 atom stereocenters. The smallest absolute Gasteiger partial charge is 0.194 e. The summed E-state index contributed by atoms with van der Waals surface area (Å²) in [6.07, 6.45) is 0. The number of imidazole rings is 1. The summed E-state index contributed by atoms with van der Waals surface area (Å²) in [5, 5.41) is 5.26. The van der Waals surface area contributed by atoms with Crippen LogP contribution in [0.2, 0.25) is 0 Å². The Kier molecular flexibility index (Phi) is 3.73. The Labute approximate surface area is 125 Å². The van der Waals surface area contributed by atoms with E-state index < -0.39 is 11.6 Å². The van der Waals surface area contributed by atoms with Crippen LogP contribution >= 0.6 is 11.3 Å². The van der Waals surface area contributed by atoms with E-state index in [1.807, 2.05) is 13.8 Å². The number of aromatic nitrogens is 2. The SMILES string of the molecule is Cc1nc2scc(C)n2c1CNCc1ccc(F)cc1F. The van der Waals surface area contributed by atoms with Gasteiger partial charge in [-0.25, -0.2) is 13.8 Å². The standard InChI is InChI=1S/C15H15F2N3S/c1-9-8-21-15-19-10(2)14(20(9)15)7-18-6-11-3-4-12(16)5-13(11)17/h3-5,8,18H,6-7H2,1-2H3. The quantitative estimate of drug-likeness (QED) is 0.798. The Balaban J connectivity index is 1.75. The number of nitrogens with zero attached hydrogens (tertiary/aromatic N) is 2. The van der Waals surface area contributed by atoms with Crippen molar-refractivity contribution < 1.29 is 8.78 Å². The fourth-order valence-corrected chi connectivity index (χ4v) is 3.29. The number of hydrogen-bond donors (Lipinski definition) is 1. The van der Waals surface area contributed by atoms with Crippen LogP contribution < -0.4 is 5.32 Å². The van der Waals surface area contributed by atoms with Crippen molar-refractivity contribution in [1.82, 2.24) is 14.7 Å². The third-order valence-electron chi connectivity index (χ3n) is 3.45. The minimum Gasteiger partial charge on any atom is -0.307 e. The van der Waals surface area contributed by atoms with E-state index in [1.165, 1.54) is 12.1 Å². The summed E-state index contributed by atoms with van der Waals surface area (Å²) in [5.74, 6) is -1.08. The van der Waals surface area contributed by atoms with Crippen molar-refractivity contribution >= 4 is 16.3 Å². The lowest BCUT2D eigenvalue weighted by Gasteiger charge is -2.07. The number of benzene rings is 1. The van der Waals surface area contributed by atoms with Crippen molar-refractivity contribution in [2.45, 2.75) is 26.9 Å². The molecule has 0 fully saturated rings. The van der Waals surface area contributed by atoms with E-state index in [0.717, 1.165) is 28.1 Å². The highest BCUT2D eigenvalue weighted by Crippen LogP contribution is 2.20. The van der Waals surface area contributed by atoms with Crippen LogP contribution in [0.25, 0.3) is 4.96 Å². The van der Waals surface area contributed by atoms with E-state index >= 15 is 0 Å². The zero-order valence-electron chi connectivity index (χ0n) is 11.8. The molecule has 1 aromatic carbocycles. The van der Waals surface area contributed by atoms with Gasteiger partial charge in [-0.15, -0.1) is 11.3 Å². The van der Waals surface area contributed by atoms with Crippen molar-refractivity contribution in [1.29, 1.82) is 0 Å². The minimum absolute atomic E-state index is 0.349. The maximum absolute atomic E-state index is 13.6. The Morgan fingerprint density at radius 1 is 1.24 bits per heavy atom. The highest BCUT2D eigenvalue weighted by atomic mass is 32.1. The number of rotatable bonds is 4. The van der Waals surface area contributed by atoms with Crippen molar-refractivity contribution in [3.05, 3.63) is 57.9 Å². The topological polar surface area (TPSA) is 29.3 Å². The molecular formula is C15H15F2N3S. The van der Waals surface area contributed by atoms with Crippen molar-refractivity contribution in [3.63, 3.8) is 0 Å². The molecule has 0 aliphatic heterocycles. The predicted molar refractivity (Wildman–Crippen MR) is 79.4 cm³/mol. The number of aryl methyl sites for hydroxylation is 2. The van der Waals surface area contributed by atoms with Gasteiger partial charge in [0.1, 0.15) is 11.6 Å². The van der Waals surface area contributed by atoms with Gasteiger partial charge in [-0.05, 0) is 19.9 Å². The van der Waals surface area contributed by atoms with E-state index in [2.05, 4.69) is 20.1 Å². The van der Waals surface area contributed by atoms with Crippen molar-refractivity contribution in [2.24, 2.45) is 0 Å². The maximum atomic E-state index is 13.6. The zero-order valence-corrected chi connectivity index (χ0v) is 12.6. The van der Waals surface area contributed by atoms with Gasteiger partial charge in [-0.3, -0.25) is 4.40 Å². The average molecular weight is 307 g/mol. The Hall–Kier alpha value is -1.79. The maximum Gasteiger partial charge on any atom is 0.194 e. The van der Waals surface area contributed by atoms with E-state index in [4.69, 9.17) is 0 Å². The molecule has 2 heterocycles. The lowest BCUT2D eigenvalue weighted by atomic mass is 10.2. The summed E-state index contributed by atoms with van der Waals surface area (Å²) in [6.45, 7) is 4.94. The first-order valence-electron chi connectivity index (χ1n) is 6.63. The molecule has 0 spiro atoms. The number of thiazole rings is 1. The molecule has 6 heteroatoms. The van der Waals surface area contributed by atoms with Crippen LogP contribution in [0.1, 0.15) is 22.6 Å². The molecule has 21 heavy (non-hydrogen) atoms. The second-order valence-corrected chi connectivity index (χ2v) is 5.81. The Bertz CT molecular complexity index is 792. The lowest BCUT2D eigenvalue weighted by molar-refractivity contribution is 0.558. The average Bonchev–Trinajstić information content (AvgIpc) is 2.93. The van der Waals surface area contributed by atoms with E-state index in [9.17, 15) is 8.78 Å². The van der Waals surface area contributed by atoms with Crippen molar-refractivity contribution in [2.75, 3.05) is 0 Å². The van der Waals surface area contributed by atoms with Crippen LogP contribution in [0.4, 0.5) is 8.78 Å². The van der Waals surface area contributed by atoms with Gasteiger partial charge in [0, 0.05) is 35.8 Å². The summed E-state index contributed by atoms with van der Waals surface area (Å²) in [5.41, 5.74) is 3.64. The molecule has 3 aromatic rings. The van der Waals surface area contributed by atoms with Crippen LogP contribution in [0.5, 0.6) is 0 Å². The molecule has 0 saturated carbocycles. The summed E-state index contributed by atoms with van der Waals surface area (Å²) in [6, 6.07) is 3.64. The summed E-state index contributed by atoms with van der Waals surface area (Å²) >= 11 is 1.61. The van der Waals surface area contributed by atoms with Crippen LogP contribution in [0.3, 0.4) is 0 Å². The third-order valence-corrected chi connectivity index (χ3v) is 4.40. The molecule has 0 saturated heterocycles. The summed E-state index contributed by atoms with van der Waals surface area (Å²) < 4.78 is 28.5. The highest BCUT2D eigenvalue weighted by Gasteiger charge is 2.12. The summed E-state index contributed by atoms with van der Waals surface area (Å²) in [4.78, 5) is 5.47. The van der Waals surface area contributed by atoms with E-state index in [0.29, 0.717) is 18.7 Å². The van der Waals surface area contributed by atoms with Gasteiger partial charge in [-0.2, -0.15) is 0 Å². The third kappa shape index (κ3) is 2.69. The van der Waals surface area contributed by atoms with Crippen LogP contribution in [0, 0.1) is 25.5 Å². The number of hydrogen-bond acceptors (Lipinski definition) is 3. The molecule has 2 aromatic heterocycles. The molecule has 1 N–H and O–H groups in total. The molecule has 3 rings (SSSR count). The van der Waals surface area contributed by atoms with Gasteiger partial charge in [-0.1, -0.05) is 6.07 Å². The molecule has 0 aliphatic carbocycles. The monoisotopic (exact) mass is 307 g/mol. The first-order chi connectivity index (χ1) is 10.1. The van der Waals surface area contributed by atoms with Gasteiger partial charge in [0.05, 0.1) is 11.4 Å². The lowest BCUT2D eigenvalue weighted by Crippen LogP contribution is -2.16. The second-order valence-electron chi connectivity index (χ2n) is 4.98. The number of fused-ring (bicyclic) bond motifs is 1. The van der Waals surface area contributed by atoms with Gasteiger partial charge in [0.2, 0.25) is 0 Å². The largest absolute Gasteiger partial charge is 0.307 e. The van der Waals surface area contributed by atoms with E-state index in [1.54, 1.807) is 11.3 Å². The van der Waals surface area contributed by atoms with Crippen LogP contribution in [-0.4, -0.2) is 9.38 Å². The fraction of sp³-hybridized carbons (Fsp3) is 0.267. The number of nitrogens with one attached hydrogen (secondary N) is 1. The molecule has 0 aliphatic rings. The normalized spacial score (nSPS) is 11.4. The van der Waals surface area contributed by atoms with Gasteiger partial charge >= 0.3 is 0 Å². The predicted octanol–water partition coefficient (Wildman–Crippen LogP) is 3.58. The van der Waals surface area contributed by atoms with Crippen molar-refractivity contribution in [3.8, 4) is 0 Å². The van der Waals surface area contributed by atoms with Crippen LogP contribution in [0.15, 0.2) is 23.6 Å². The Morgan fingerprint density at radius 2 is 2.05 bits per heavy atom. The molecule has 110 valence electrons. The molecule has 0 amide bonds. The molecule has 0 unspecified atom stereocenters. The molecule has 3 nitrogen and oxygen atoms in total. The molecule has 0 radical (unpaired) electrons. The van der Waals surface area contributed by atoms with E-state index in [-0.39, 0.29) is 0 Å². The van der Waals surface area contributed by atoms with Crippen LogP contribution in [-0.2, 0) is 13.1 Å². The minimum atomic E-state index is -0.557. The first-order valence-corrected chi connectivity index (χ1v) is 7.51. The van der Waals surface area contributed by atoms with Gasteiger partial charge in [0.25, 0.3) is 0 Å². The highest BCUT2D eigenvalue weighted by molar-refractivity contribution is 7.15. The molecular weight excluding hydrogens is 292 g/mol. The zero-order chi connectivity index (χ0) is 15.0. The second kappa shape index (κ2) is 5.54. The number of halogens is 2. The fourth-order valence-electron chi connectivity index (χ4n) is 2.36. The molecule has 0 bridgehead atoms. The van der Waals surface area contributed by atoms with Gasteiger partial charge < -0.3 is 5.32 Å². The first kappa shape index (κ1) is 14.2. The Morgan fingerprint density at radius 3 is 2.81 bits per heavy atom.